The van der Waals surface area contributed by atoms with E-state index in [4.69, 9.17) is 9.05 Å². The van der Waals surface area contributed by atoms with Gasteiger partial charge in [0.25, 0.3) is 7.82 Å². The van der Waals surface area contributed by atoms with Crippen molar-refractivity contribution in [3.63, 3.8) is 0 Å². The molecule has 9 heteroatoms. The summed E-state index contributed by atoms with van der Waals surface area (Å²) in [6.45, 7) is 4.51. The number of rotatable bonds is 53. The van der Waals surface area contributed by atoms with Crippen LogP contribution in [0.3, 0.4) is 0 Å². The lowest BCUT2D eigenvalue weighted by Gasteiger charge is -2.29. The number of phosphoric acid groups is 1. The maximum atomic E-state index is 13.0. The molecule has 0 aromatic heterocycles. The van der Waals surface area contributed by atoms with Crippen LogP contribution in [-0.2, 0) is 18.4 Å². The van der Waals surface area contributed by atoms with Gasteiger partial charge in [-0.25, -0.2) is 0 Å². The largest absolute Gasteiger partial charge is 0.756 e. The Labute approximate surface area is 451 Å². The lowest BCUT2D eigenvalue weighted by molar-refractivity contribution is -0.870. The maximum absolute atomic E-state index is 13.0. The van der Waals surface area contributed by atoms with Gasteiger partial charge in [0, 0.05) is 6.42 Å². The van der Waals surface area contributed by atoms with Crippen LogP contribution >= 0.6 is 7.82 Å². The van der Waals surface area contributed by atoms with Crippen molar-refractivity contribution < 1.29 is 32.9 Å². The number of likely N-dealkylation sites (N-methyl/N-ethyl adjacent to an activating group) is 1. The van der Waals surface area contributed by atoms with Gasteiger partial charge in [-0.2, -0.15) is 0 Å². The Kier molecular flexibility index (Phi) is 51.9. The fourth-order valence-electron chi connectivity index (χ4n) is 8.09. The second-order valence-electron chi connectivity index (χ2n) is 21.0. The number of aliphatic hydroxyl groups excluding tert-OH is 1. The average molecular weight is 1040 g/mol. The number of phosphoric ester groups is 1. The van der Waals surface area contributed by atoms with Crippen LogP contribution < -0.4 is 10.2 Å². The molecular formula is C64H113N2O6P. The summed E-state index contributed by atoms with van der Waals surface area (Å²) in [6.07, 6.45) is 78.8. The molecule has 0 aromatic rings. The molecule has 8 nitrogen and oxygen atoms in total. The maximum Gasteiger partial charge on any atom is 0.268 e. The molecule has 0 saturated carbocycles. The highest BCUT2D eigenvalue weighted by atomic mass is 31.2. The first kappa shape index (κ1) is 70.2. The van der Waals surface area contributed by atoms with Gasteiger partial charge in [0.2, 0.25) is 5.91 Å². The smallest absolute Gasteiger partial charge is 0.268 e. The molecule has 0 aliphatic carbocycles. The van der Waals surface area contributed by atoms with Gasteiger partial charge >= 0.3 is 0 Å². The van der Waals surface area contributed by atoms with E-state index in [1.165, 1.54) is 122 Å². The number of amides is 1. The Balaban J connectivity index is 4.30. The Morgan fingerprint density at radius 2 is 0.849 bits per heavy atom. The summed E-state index contributed by atoms with van der Waals surface area (Å²) in [6, 6.07) is -0.918. The number of unbranched alkanes of at least 4 members (excludes halogenated alkanes) is 24. The van der Waals surface area contributed by atoms with E-state index in [9.17, 15) is 19.4 Å². The van der Waals surface area contributed by atoms with Gasteiger partial charge in [-0.15, -0.1) is 0 Å². The Morgan fingerprint density at radius 1 is 0.493 bits per heavy atom. The second kappa shape index (κ2) is 54.0. The van der Waals surface area contributed by atoms with Crippen LogP contribution in [0.4, 0.5) is 0 Å². The monoisotopic (exact) mass is 1040 g/mol. The van der Waals surface area contributed by atoms with Gasteiger partial charge in [-0.05, 0) is 89.9 Å². The molecule has 0 bridgehead atoms. The quantitative estimate of drug-likeness (QED) is 0.0272. The second-order valence-corrected chi connectivity index (χ2v) is 22.4. The summed E-state index contributed by atoms with van der Waals surface area (Å²) in [5.41, 5.74) is 0. The molecular weight excluding hydrogens is 924 g/mol. The minimum Gasteiger partial charge on any atom is -0.756 e. The molecule has 0 spiro atoms. The molecule has 73 heavy (non-hydrogen) atoms. The van der Waals surface area contributed by atoms with E-state index in [-0.39, 0.29) is 12.5 Å². The van der Waals surface area contributed by atoms with Gasteiger partial charge in [0.1, 0.15) is 13.2 Å². The fourth-order valence-corrected chi connectivity index (χ4v) is 8.81. The third kappa shape index (κ3) is 56.7. The zero-order valence-electron chi connectivity index (χ0n) is 47.8. The van der Waals surface area contributed by atoms with Crippen LogP contribution in [0, 0.1) is 0 Å². The molecule has 0 fully saturated rings. The third-order valence-electron chi connectivity index (χ3n) is 12.7. The Hall–Kier alpha value is -2.84. The molecule has 0 rings (SSSR count). The minimum atomic E-state index is -4.62. The highest BCUT2D eigenvalue weighted by Crippen LogP contribution is 2.38. The fraction of sp³-hybridized carbons (Fsp3) is 0.703. The van der Waals surface area contributed by atoms with Crippen LogP contribution in [0.1, 0.15) is 239 Å². The average Bonchev–Trinajstić information content (AvgIpc) is 3.35. The number of hydrogen-bond donors (Lipinski definition) is 2. The molecule has 0 heterocycles. The SMILES string of the molecule is CC/C=C\C/C=C\C/C=C\C/C=C\C/C=C\C/C=C\C/C=C\CCCCCCCCCC(=O)NC(COP(=O)([O-])OCC[N+](C)(C)C)C(O)/C=C/CC/C=C/CCCCCCCCCCCCCCCCCC. The number of allylic oxidation sites excluding steroid dienone is 17. The van der Waals surface area contributed by atoms with E-state index in [0.717, 1.165) is 96.3 Å². The van der Waals surface area contributed by atoms with Gasteiger partial charge in [-0.3, -0.25) is 9.36 Å². The van der Waals surface area contributed by atoms with Crippen LogP contribution in [0.15, 0.2) is 109 Å². The zero-order chi connectivity index (χ0) is 53.5. The number of nitrogens with zero attached hydrogens (tertiary/aromatic N) is 1. The standard InChI is InChI=1S/C64H113N2O6P/c1-6-8-10-12-14-16-18-20-22-24-26-28-30-31-32-33-34-35-36-38-40-42-44-46-48-50-52-54-56-58-64(68)65-62(61-72-73(69,70)71-60-59-66(3,4)5)63(67)57-55-53-51-49-47-45-43-41-39-37-29-27-25-23-21-19-17-15-13-11-9-7-2/h8,10,14,16,20,22,26,28,31-32,34-35,38,40,47,49,55,57,62-63,67H,6-7,9,11-13,15,17-19,21,23-25,27,29-30,33,36-37,39,41-46,48,50-54,56,58-61H2,1-5H3,(H-,65,68,69,70)/b10-8-,16-14-,22-20-,28-26-,32-31-,35-34-,40-38-,49-47+,57-55+. The van der Waals surface area contributed by atoms with E-state index in [2.05, 4.69) is 116 Å². The van der Waals surface area contributed by atoms with Crippen LogP contribution in [-0.4, -0.2) is 68.5 Å². The van der Waals surface area contributed by atoms with Gasteiger partial charge in [0.05, 0.1) is 39.9 Å². The number of hydrogen-bond acceptors (Lipinski definition) is 6. The van der Waals surface area contributed by atoms with E-state index < -0.39 is 26.6 Å². The van der Waals surface area contributed by atoms with Gasteiger partial charge in [0.15, 0.2) is 0 Å². The molecule has 0 aromatic carbocycles. The Bertz CT molecular complexity index is 1550. The third-order valence-corrected chi connectivity index (χ3v) is 13.7. The van der Waals surface area contributed by atoms with E-state index in [0.29, 0.717) is 17.4 Å². The lowest BCUT2D eigenvalue weighted by Crippen LogP contribution is -2.45. The zero-order valence-corrected chi connectivity index (χ0v) is 48.7. The predicted molar refractivity (Wildman–Crippen MR) is 316 cm³/mol. The first-order valence-electron chi connectivity index (χ1n) is 29.7. The van der Waals surface area contributed by atoms with Crippen LogP contribution in [0.2, 0.25) is 0 Å². The molecule has 2 N–H and O–H groups in total. The van der Waals surface area contributed by atoms with Crippen molar-refractivity contribution >= 4 is 13.7 Å². The topological polar surface area (TPSA) is 108 Å². The summed E-state index contributed by atoms with van der Waals surface area (Å²) >= 11 is 0. The molecule has 0 radical (unpaired) electrons. The van der Waals surface area contributed by atoms with Crippen molar-refractivity contribution in [2.45, 2.75) is 251 Å². The van der Waals surface area contributed by atoms with Crippen molar-refractivity contribution in [1.82, 2.24) is 5.32 Å². The molecule has 0 saturated heterocycles. The van der Waals surface area contributed by atoms with E-state index in [1.54, 1.807) is 6.08 Å². The highest BCUT2D eigenvalue weighted by Gasteiger charge is 2.23. The van der Waals surface area contributed by atoms with Crippen LogP contribution in [0.5, 0.6) is 0 Å². The van der Waals surface area contributed by atoms with Gasteiger partial charge < -0.3 is 28.8 Å². The summed E-state index contributed by atoms with van der Waals surface area (Å²) in [5, 5.41) is 13.9. The lowest BCUT2D eigenvalue weighted by atomic mass is 10.0. The van der Waals surface area contributed by atoms with Crippen molar-refractivity contribution in [2.24, 2.45) is 0 Å². The molecule has 420 valence electrons. The van der Waals surface area contributed by atoms with Crippen molar-refractivity contribution in [3.05, 3.63) is 109 Å². The first-order chi connectivity index (χ1) is 35.5. The number of aliphatic hydroxyl groups is 1. The van der Waals surface area contributed by atoms with Crippen molar-refractivity contribution in [1.29, 1.82) is 0 Å². The number of carbonyl (C=O) groups is 1. The summed E-state index contributed by atoms with van der Waals surface area (Å²) < 4.78 is 23.3. The summed E-state index contributed by atoms with van der Waals surface area (Å²) in [4.78, 5) is 25.5. The molecule has 1 amide bonds. The first-order valence-corrected chi connectivity index (χ1v) is 31.2. The molecule has 3 unspecified atom stereocenters. The highest BCUT2D eigenvalue weighted by molar-refractivity contribution is 7.45. The summed E-state index contributed by atoms with van der Waals surface area (Å²) in [5.74, 6) is -0.222. The predicted octanol–water partition coefficient (Wildman–Crippen LogP) is 17.7. The van der Waals surface area contributed by atoms with E-state index >= 15 is 0 Å². The summed E-state index contributed by atoms with van der Waals surface area (Å²) in [7, 11) is 1.22. The van der Waals surface area contributed by atoms with Crippen LogP contribution in [0.25, 0.3) is 0 Å². The number of carbonyl (C=O) groups excluding carboxylic acids is 1. The molecule has 0 aliphatic rings. The van der Waals surface area contributed by atoms with E-state index in [1.807, 2.05) is 27.2 Å². The molecule has 0 aliphatic heterocycles. The number of nitrogens with one attached hydrogen (secondary N) is 1. The molecule has 3 atom stereocenters. The van der Waals surface area contributed by atoms with Crippen molar-refractivity contribution in [2.75, 3.05) is 40.9 Å². The minimum absolute atomic E-state index is 0.0144. The van der Waals surface area contributed by atoms with Gasteiger partial charge in [-0.1, -0.05) is 252 Å². The van der Waals surface area contributed by atoms with Crippen molar-refractivity contribution in [3.8, 4) is 0 Å². The number of quaternary nitrogens is 1. The Morgan fingerprint density at radius 3 is 1.27 bits per heavy atom. The normalized spacial score (nSPS) is 14.7.